The first kappa shape index (κ1) is 9.98. The third-order valence-corrected chi connectivity index (χ3v) is 2.81. The van der Waals surface area contributed by atoms with Gasteiger partial charge < -0.3 is 0 Å². The van der Waals surface area contributed by atoms with Crippen LogP contribution in [0.2, 0.25) is 0 Å². The highest BCUT2D eigenvalue weighted by atomic mass is 32.1. The van der Waals surface area contributed by atoms with Crippen molar-refractivity contribution in [2.45, 2.75) is 6.92 Å². The van der Waals surface area contributed by atoms with Gasteiger partial charge in [0.25, 0.3) is 0 Å². The number of hydrogen-bond donors (Lipinski definition) is 0. The Labute approximate surface area is 90.4 Å². The molecule has 1 heterocycles. The molecule has 0 N–H and O–H groups in total. The number of aromatic nitrogens is 1. The van der Waals surface area contributed by atoms with Crippen molar-refractivity contribution < 1.29 is 9.18 Å². The van der Waals surface area contributed by atoms with Gasteiger partial charge in [-0.3, -0.25) is 4.79 Å². The van der Waals surface area contributed by atoms with E-state index in [1.54, 1.807) is 6.07 Å². The number of rotatable bonds is 2. The lowest BCUT2D eigenvalue weighted by molar-refractivity contribution is 0.112. The highest BCUT2D eigenvalue weighted by molar-refractivity contribution is 7.09. The number of nitrogens with zero attached hydrogens (tertiary/aromatic N) is 1. The summed E-state index contributed by atoms with van der Waals surface area (Å²) >= 11 is 1.50. The number of carbonyl (C=O) groups excluding carboxylic acids is 1. The van der Waals surface area contributed by atoms with Crippen molar-refractivity contribution in [3.63, 3.8) is 0 Å². The summed E-state index contributed by atoms with van der Waals surface area (Å²) in [5.74, 6) is -0.409. The molecule has 4 heteroatoms. The van der Waals surface area contributed by atoms with Crippen LogP contribution in [0.1, 0.15) is 15.4 Å². The Morgan fingerprint density at radius 3 is 2.87 bits per heavy atom. The standard InChI is InChI=1S/C11H8FNOS/c1-7-13-11(6-15-7)10-3-2-9(12)4-8(10)5-14/h2-6H,1H3. The smallest absolute Gasteiger partial charge is 0.150 e. The maximum Gasteiger partial charge on any atom is 0.150 e. The van der Waals surface area contributed by atoms with E-state index < -0.39 is 5.82 Å². The van der Waals surface area contributed by atoms with Crippen molar-refractivity contribution in [1.29, 1.82) is 0 Å². The predicted molar refractivity (Wildman–Crippen MR) is 57.6 cm³/mol. The summed E-state index contributed by atoms with van der Waals surface area (Å²) in [7, 11) is 0. The molecule has 0 saturated carbocycles. The third kappa shape index (κ3) is 1.94. The minimum absolute atomic E-state index is 0.334. The molecule has 0 spiro atoms. The number of benzene rings is 1. The lowest BCUT2D eigenvalue weighted by Crippen LogP contribution is -1.89. The topological polar surface area (TPSA) is 30.0 Å². The lowest BCUT2D eigenvalue weighted by Gasteiger charge is -2.00. The Kier molecular flexibility index (Phi) is 2.60. The summed E-state index contributed by atoms with van der Waals surface area (Å²) in [5.41, 5.74) is 1.73. The zero-order chi connectivity index (χ0) is 10.8. The van der Waals surface area contributed by atoms with E-state index in [0.29, 0.717) is 17.4 Å². The summed E-state index contributed by atoms with van der Waals surface area (Å²) in [6.45, 7) is 1.89. The SMILES string of the molecule is Cc1nc(-c2ccc(F)cc2C=O)cs1. The van der Waals surface area contributed by atoms with E-state index in [0.717, 1.165) is 10.7 Å². The summed E-state index contributed by atoms with van der Waals surface area (Å²) in [6, 6.07) is 4.13. The maximum absolute atomic E-state index is 12.9. The Balaban J connectivity index is 2.57. The molecule has 0 atom stereocenters. The first-order chi connectivity index (χ1) is 7.20. The second kappa shape index (κ2) is 3.90. The number of carbonyl (C=O) groups is 1. The van der Waals surface area contributed by atoms with Gasteiger partial charge in [-0.1, -0.05) is 0 Å². The fourth-order valence-corrected chi connectivity index (χ4v) is 1.96. The van der Waals surface area contributed by atoms with Gasteiger partial charge in [0, 0.05) is 16.5 Å². The Hall–Kier alpha value is -1.55. The molecule has 76 valence electrons. The molecule has 0 unspecified atom stereocenters. The van der Waals surface area contributed by atoms with Crippen LogP contribution in [-0.2, 0) is 0 Å². The first-order valence-corrected chi connectivity index (χ1v) is 5.26. The minimum Gasteiger partial charge on any atom is -0.298 e. The Morgan fingerprint density at radius 2 is 2.27 bits per heavy atom. The lowest BCUT2D eigenvalue weighted by atomic mass is 10.1. The molecule has 2 aromatic rings. The molecule has 0 aliphatic rings. The monoisotopic (exact) mass is 221 g/mol. The van der Waals surface area contributed by atoms with Crippen LogP contribution >= 0.6 is 11.3 Å². The highest BCUT2D eigenvalue weighted by Gasteiger charge is 2.08. The molecule has 0 bridgehead atoms. The third-order valence-electron chi connectivity index (χ3n) is 2.04. The Morgan fingerprint density at radius 1 is 1.47 bits per heavy atom. The van der Waals surface area contributed by atoms with Crippen molar-refractivity contribution in [3.05, 3.63) is 40.0 Å². The van der Waals surface area contributed by atoms with Crippen molar-refractivity contribution in [1.82, 2.24) is 4.98 Å². The molecular formula is C11H8FNOS. The predicted octanol–water partition coefficient (Wildman–Crippen LogP) is 3.07. The molecule has 1 aromatic carbocycles. The van der Waals surface area contributed by atoms with Gasteiger partial charge in [-0.2, -0.15) is 0 Å². The van der Waals surface area contributed by atoms with Gasteiger partial charge in [0.15, 0.2) is 6.29 Å². The van der Waals surface area contributed by atoms with Gasteiger partial charge in [-0.05, 0) is 25.1 Å². The maximum atomic E-state index is 12.9. The zero-order valence-corrected chi connectivity index (χ0v) is 8.84. The molecule has 0 aliphatic heterocycles. The molecule has 0 radical (unpaired) electrons. The van der Waals surface area contributed by atoms with E-state index in [2.05, 4.69) is 4.98 Å². The number of halogens is 1. The van der Waals surface area contributed by atoms with E-state index in [1.165, 1.54) is 23.5 Å². The second-order valence-electron chi connectivity index (χ2n) is 3.10. The molecular weight excluding hydrogens is 213 g/mol. The minimum atomic E-state index is -0.409. The normalized spacial score (nSPS) is 10.3. The van der Waals surface area contributed by atoms with Crippen molar-refractivity contribution in [3.8, 4) is 11.3 Å². The zero-order valence-electron chi connectivity index (χ0n) is 8.03. The summed E-state index contributed by atoms with van der Waals surface area (Å²) in [4.78, 5) is 15.0. The fraction of sp³-hybridized carbons (Fsp3) is 0.0909. The van der Waals surface area contributed by atoms with Gasteiger partial charge in [0.1, 0.15) is 5.82 Å². The van der Waals surface area contributed by atoms with Crippen LogP contribution in [0.5, 0.6) is 0 Å². The van der Waals surface area contributed by atoms with Crippen molar-refractivity contribution in [2.75, 3.05) is 0 Å². The van der Waals surface area contributed by atoms with Crippen molar-refractivity contribution >= 4 is 17.6 Å². The van der Waals surface area contributed by atoms with Gasteiger partial charge >= 0.3 is 0 Å². The van der Waals surface area contributed by atoms with Gasteiger partial charge in [0.2, 0.25) is 0 Å². The molecule has 0 aliphatic carbocycles. The average Bonchev–Trinajstić information content (AvgIpc) is 2.64. The number of aryl methyl sites for hydroxylation is 1. The molecule has 0 amide bonds. The number of aldehydes is 1. The molecule has 0 fully saturated rings. The summed E-state index contributed by atoms with van der Waals surface area (Å²) < 4.78 is 12.9. The molecule has 1 aromatic heterocycles. The fourth-order valence-electron chi connectivity index (χ4n) is 1.35. The molecule has 2 nitrogen and oxygen atoms in total. The summed E-state index contributed by atoms with van der Waals surface area (Å²) in [6.07, 6.45) is 0.646. The van der Waals surface area contributed by atoms with Crippen LogP contribution in [0, 0.1) is 12.7 Å². The van der Waals surface area contributed by atoms with Gasteiger partial charge in [0.05, 0.1) is 10.7 Å². The van der Waals surface area contributed by atoms with Gasteiger partial charge in [-0.25, -0.2) is 9.37 Å². The Bertz CT molecular complexity index is 507. The molecule has 0 saturated heterocycles. The quantitative estimate of drug-likeness (QED) is 0.729. The highest BCUT2D eigenvalue weighted by Crippen LogP contribution is 2.24. The van der Waals surface area contributed by atoms with E-state index in [9.17, 15) is 9.18 Å². The van der Waals surface area contributed by atoms with Crippen LogP contribution < -0.4 is 0 Å². The van der Waals surface area contributed by atoms with Crippen LogP contribution in [-0.4, -0.2) is 11.3 Å². The largest absolute Gasteiger partial charge is 0.298 e. The van der Waals surface area contributed by atoms with E-state index in [1.807, 2.05) is 12.3 Å². The van der Waals surface area contributed by atoms with E-state index in [-0.39, 0.29) is 0 Å². The second-order valence-corrected chi connectivity index (χ2v) is 4.16. The van der Waals surface area contributed by atoms with Crippen LogP contribution in [0.25, 0.3) is 11.3 Å². The molecule has 15 heavy (non-hydrogen) atoms. The van der Waals surface area contributed by atoms with Crippen LogP contribution in [0.4, 0.5) is 4.39 Å². The van der Waals surface area contributed by atoms with E-state index in [4.69, 9.17) is 0 Å². The number of hydrogen-bond acceptors (Lipinski definition) is 3. The van der Waals surface area contributed by atoms with Crippen molar-refractivity contribution in [2.24, 2.45) is 0 Å². The average molecular weight is 221 g/mol. The van der Waals surface area contributed by atoms with E-state index >= 15 is 0 Å². The summed E-state index contributed by atoms with van der Waals surface area (Å²) in [5, 5.41) is 2.78. The number of thiazole rings is 1. The van der Waals surface area contributed by atoms with Gasteiger partial charge in [-0.15, -0.1) is 11.3 Å². The first-order valence-electron chi connectivity index (χ1n) is 4.38. The van der Waals surface area contributed by atoms with Crippen LogP contribution in [0.15, 0.2) is 23.6 Å². The van der Waals surface area contributed by atoms with Crippen LogP contribution in [0.3, 0.4) is 0 Å². The molecule has 2 rings (SSSR count).